The van der Waals surface area contributed by atoms with Crippen molar-refractivity contribution in [2.75, 3.05) is 13.7 Å². The van der Waals surface area contributed by atoms with Crippen molar-refractivity contribution in [2.24, 2.45) is 0 Å². The summed E-state index contributed by atoms with van der Waals surface area (Å²) < 4.78 is 4.52. The van der Waals surface area contributed by atoms with E-state index >= 15 is 0 Å². The lowest BCUT2D eigenvalue weighted by molar-refractivity contribution is -0.140. The second kappa shape index (κ2) is 6.16. The largest absolute Gasteiger partial charge is 0.469 e. The van der Waals surface area contributed by atoms with Crippen LogP contribution in [0.3, 0.4) is 0 Å². The van der Waals surface area contributed by atoms with Crippen LogP contribution in [-0.4, -0.2) is 19.6 Å². The zero-order valence-electron chi connectivity index (χ0n) is 8.32. The van der Waals surface area contributed by atoms with E-state index in [1.54, 1.807) is 0 Å². The summed E-state index contributed by atoms with van der Waals surface area (Å²) in [5, 5.41) is 3.17. The Hall–Kier alpha value is -1.35. The van der Waals surface area contributed by atoms with Gasteiger partial charge in [-0.15, -0.1) is 0 Å². The lowest BCUT2D eigenvalue weighted by Crippen LogP contribution is -2.18. The molecule has 3 nitrogen and oxygen atoms in total. The maximum atomic E-state index is 10.8. The topological polar surface area (TPSA) is 38.3 Å². The van der Waals surface area contributed by atoms with Gasteiger partial charge in [0.05, 0.1) is 13.5 Å². The van der Waals surface area contributed by atoms with Crippen molar-refractivity contribution in [1.29, 1.82) is 0 Å². The molecule has 14 heavy (non-hydrogen) atoms. The molecular formula is C11H15NO2. The first-order valence-corrected chi connectivity index (χ1v) is 4.64. The number of esters is 1. The molecule has 0 bridgehead atoms. The molecule has 1 rings (SSSR count). The molecule has 0 aliphatic rings. The van der Waals surface area contributed by atoms with Crippen LogP contribution in [0.5, 0.6) is 0 Å². The van der Waals surface area contributed by atoms with E-state index in [1.807, 2.05) is 30.3 Å². The van der Waals surface area contributed by atoms with E-state index in [-0.39, 0.29) is 5.97 Å². The lowest BCUT2D eigenvalue weighted by Gasteiger charge is -2.03. The van der Waals surface area contributed by atoms with Gasteiger partial charge in [-0.25, -0.2) is 0 Å². The number of hydrogen-bond acceptors (Lipinski definition) is 3. The minimum absolute atomic E-state index is 0.175. The van der Waals surface area contributed by atoms with Gasteiger partial charge in [0.25, 0.3) is 0 Å². The van der Waals surface area contributed by atoms with Crippen molar-refractivity contribution in [3.05, 3.63) is 35.9 Å². The fraction of sp³-hybridized carbons (Fsp3) is 0.364. The third kappa shape index (κ3) is 4.05. The zero-order chi connectivity index (χ0) is 10.2. The second-order valence-corrected chi connectivity index (χ2v) is 2.99. The van der Waals surface area contributed by atoms with E-state index in [9.17, 15) is 4.79 Å². The van der Waals surface area contributed by atoms with Crippen LogP contribution in [0, 0.1) is 0 Å². The number of hydrogen-bond donors (Lipinski definition) is 1. The Kier molecular flexibility index (Phi) is 4.72. The molecule has 3 heteroatoms. The van der Waals surface area contributed by atoms with Gasteiger partial charge in [-0.05, 0) is 5.56 Å². The van der Waals surface area contributed by atoms with Crippen molar-refractivity contribution >= 4 is 5.97 Å². The quantitative estimate of drug-likeness (QED) is 0.566. The van der Waals surface area contributed by atoms with E-state index < -0.39 is 0 Å². The highest BCUT2D eigenvalue weighted by Gasteiger charge is 1.98. The Labute approximate surface area is 84.1 Å². The van der Waals surface area contributed by atoms with Crippen LogP contribution in [0.2, 0.25) is 0 Å². The van der Waals surface area contributed by atoms with Crippen molar-refractivity contribution in [2.45, 2.75) is 13.0 Å². The maximum absolute atomic E-state index is 10.8. The van der Waals surface area contributed by atoms with Crippen LogP contribution in [0.25, 0.3) is 0 Å². The lowest BCUT2D eigenvalue weighted by atomic mass is 10.2. The molecule has 0 aromatic heterocycles. The molecule has 0 heterocycles. The van der Waals surface area contributed by atoms with Gasteiger partial charge in [0.1, 0.15) is 0 Å². The van der Waals surface area contributed by atoms with Gasteiger partial charge < -0.3 is 10.1 Å². The maximum Gasteiger partial charge on any atom is 0.306 e. The molecule has 0 aliphatic carbocycles. The van der Waals surface area contributed by atoms with E-state index in [4.69, 9.17) is 0 Å². The van der Waals surface area contributed by atoms with Gasteiger partial charge in [-0.1, -0.05) is 30.3 Å². The van der Waals surface area contributed by atoms with Crippen molar-refractivity contribution in [3.8, 4) is 0 Å². The van der Waals surface area contributed by atoms with E-state index in [1.165, 1.54) is 12.7 Å². The summed E-state index contributed by atoms with van der Waals surface area (Å²) in [6.07, 6.45) is 0.420. The van der Waals surface area contributed by atoms with Crippen molar-refractivity contribution in [1.82, 2.24) is 5.32 Å². The van der Waals surface area contributed by atoms with Crippen LogP contribution in [0.15, 0.2) is 30.3 Å². The zero-order valence-corrected chi connectivity index (χ0v) is 8.32. The monoisotopic (exact) mass is 193 g/mol. The number of carbonyl (C=O) groups excluding carboxylic acids is 1. The van der Waals surface area contributed by atoms with Gasteiger partial charge in [0, 0.05) is 13.1 Å². The molecule has 0 saturated heterocycles. The summed E-state index contributed by atoms with van der Waals surface area (Å²) in [7, 11) is 1.40. The second-order valence-electron chi connectivity index (χ2n) is 2.99. The van der Waals surface area contributed by atoms with Crippen LogP contribution in [-0.2, 0) is 16.1 Å². The first-order valence-electron chi connectivity index (χ1n) is 4.64. The van der Waals surface area contributed by atoms with Gasteiger partial charge in [-0.2, -0.15) is 0 Å². The predicted octanol–water partition coefficient (Wildman–Crippen LogP) is 1.34. The standard InChI is InChI=1S/C11H15NO2/c1-14-11(13)7-8-12-9-10-5-3-2-4-6-10/h2-6,12H,7-9H2,1H3. The SMILES string of the molecule is COC(=O)CCNCc1ccccc1. The molecule has 0 aliphatic heterocycles. The molecule has 0 amide bonds. The normalized spacial score (nSPS) is 9.79. The van der Waals surface area contributed by atoms with Crippen LogP contribution < -0.4 is 5.32 Å². The molecule has 0 saturated carbocycles. The number of rotatable bonds is 5. The summed E-state index contributed by atoms with van der Waals surface area (Å²) in [5.41, 5.74) is 1.22. The summed E-state index contributed by atoms with van der Waals surface area (Å²) in [6, 6.07) is 10.1. The summed E-state index contributed by atoms with van der Waals surface area (Å²) in [6.45, 7) is 1.44. The van der Waals surface area contributed by atoms with Crippen LogP contribution in [0.1, 0.15) is 12.0 Å². The average Bonchev–Trinajstić information content (AvgIpc) is 2.25. The molecule has 0 unspecified atom stereocenters. The van der Waals surface area contributed by atoms with E-state index in [0.29, 0.717) is 13.0 Å². The first-order chi connectivity index (χ1) is 6.83. The Balaban J connectivity index is 2.13. The number of nitrogens with one attached hydrogen (secondary N) is 1. The Morgan fingerprint density at radius 3 is 2.71 bits per heavy atom. The fourth-order valence-electron chi connectivity index (χ4n) is 1.12. The summed E-state index contributed by atoms with van der Waals surface area (Å²) in [5.74, 6) is -0.175. The van der Waals surface area contributed by atoms with Crippen molar-refractivity contribution < 1.29 is 9.53 Å². The van der Waals surface area contributed by atoms with Crippen molar-refractivity contribution in [3.63, 3.8) is 0 Å². The molecule has 0 spiro atoms. The highest BCUT2D eigenvalue weighted by atomic mass is 16.5. The van der Waals surface area contributed by atoms with Gasteiger partial charge in [0.2, 0.25) is 0 Å². The third-order valence-corrected chi connectivity index (χ3v) is 1.91. The van der Waals surface area contributed by atoms with Gasteiger partial charge in [0.15, 0.2) is 0 Å². The average molecular weight is 193 g/mol. The molecule has 1 N–H and O–H groups in total. The van der Waals surface area contributed by atoms with Crippen LogP contribution in [0.4, 0.5) is 0 Å². The summed E-state index contributed by atoms with van der Waals surface area (Å²) in [4.78, 5) is 10.8. The fourth-order valence-corrected chi connectivity index (χ4v) is 1.12. The minimum Gasteiger partial charge on any atom is -0.469 e. The Morgan fingerprint density at radius 2 is 2.07 bits per heavy atom. The number of ether oxygens (including phenoxy) is 1. The minimum atomic E-state index is -0.175. The molecule has 0 radical (unpaired) electrons. The highest BCUT2D eigenvalue weighted by molar-refractivity contribution is 5.69. The molecule has 1 aromatic carbocycles. The van der Waals surface area contributed by atoms with Gasteiger partial charge in [-0.3, -0.25) is 4.79 Å². The number of methoxy groups -OCH3 is 1. The van der Waals surface area contributed by atoms with E-state index in [2.05, 4.69) is 10.1 Å². The Morgan fingerprint density at radius 1 is 1.36 bits per heavy atom. The molecular weight excluding hydrogens is 178 g/mol. The number of benzene rings is 1. The summed E-state index contributed by atoms with van der Waals surface area (Å²) >= 11 is 0. The Bertz CT molecular complexity index is 272. The molecule has 0 atom stereocenters. The first kappa shape index (κ1) is 10.7. The molecule has 76 valence electrons. The van der Waals surface area contributed by atoms with E-state index in [0.717, 1.165) is 6.54 Å². The van der Waals surface area contributed by atoms with Gasteiger partial charge >= 0.3 is 5.97 Å². The van der Waals surface area contributed by atoms with Crippen LogP contribution >= 0.6 is 0 Å². The third-order valence-electron chi connectivity index (χ3n) is 1.91. The molecule has 0 fully saturated rings. The molecule has 1 aromatic rings. The smallest absolute Gasteiger partial charge is 0.306 e. The number of carbonyl (C=O) groups is 1. The predicted molar refractivity (Wildman–Crippen MR) is 54.8 cm³/mol. The highest BCUT2D eigenvalue weighted by Crippen LogP contribution is 1.96.